The molecule has 41 heavy (non-hydrogen) atoms. The molecular weight excluding hydrogens is 560 g/mol. The second-order valence-electron chi connectivity index (χ2n) is 9.33. The van der Waals surface area contributed by atoms with Crippen molar-refractivity contribution in [2.45, 2.75) is 37.8 Å². The molecule has 0 amide bonds. The Labute approximate surface area is 257 Å². The van der Waals surface area contributed by atoms with Crippen LogP contribution in [0.3, 0.4) is 0 Å². The Morgan fingerprint density at radius 1 is 0.707 bits per heavy atom. The fourth-order valence-electron chi connectivity index (χ4n) is 4.46. The topological polar surface area (TPSA) is 6.48 Å². The van der Waals surface area contributed by atoms with Gasteiger partial charge in [-0.25, -0.2) is 41.9 Å². The van der Waals surface area contributed by atoms with E-state index in [1.807, 2.05) is 24.3 Å². The summed E-state index contributed by atoms with van der Waals surface area (Å²) in [4.78, 5) is 4.19. The number of hydrogen-bond acceptors (Lipinski definition) is 2. The molecule has 2 atom stereocenters. The second kappa shape index (κ2) is 18.6. The zero-order chi connectivity index (χ0) is 28.7. The minimum absolute atomic E-state index is 0. The molecule has 0 N–H and O–H groups in total. The largest absolute Gasteiger partial charge is 4.00 e. The number of nitrogens with zero attached hydrogens (tertiary/aromatic N) is 2. The molecule has 4 aliphatic rings. The molecule has 6 rings (SSSR count). The molecule has 2 aliphatic carbocycles. The summed E-state index contributed by atoms with van der Waals surface area (Å²) in [6, 6.07) is 9.75. The average molecular weight is 595 g/mol. The second-order valence-corrected chi connectivity index (χ2v) is 9.33. The summed E-state index contributed by atoms with van der Waals surface area (Å²) >= 11 is 0. The normalized spacial score (nSPS) is 19.7. The van der Waals surface area contributed by atoms with Gasteiger partial charge >= 0.3 is 21.7 Å². The van der Waals surface area contributed by atoms with E-state index in [4.69, 9.17) is 0 Å². The van der Waals surface area contributed by atoms with Crippen LogP contribution < -0.4 is 0 Å². The standard InChI is InChI=1S/2C12H12F2N.2C5H5.Ti/c2*1-2-6-15-7-5-12(15)10-4-3-9(13)8-11(10)14;2*1-2-4-5-3-1;/h2*2-4,12H,1,5-7H2;2*1-3H,4H2;/q4*-1;+4. The van der Waals surface area contributed by atoms with Crippen LogP contribution in [0, 0.1) is 47.6 Å². The van der Waals surface area contributed by atoms with Crippen molar-refractivity contribution in [1.29, 1.82) is 0 Å². The monoisotopic (exact) mass is 594 g/mol. The van der Waals surface area contributed by atoms with Crippen LogP contribution in [0.1, 0.15) is 48.9 Å². The van der Waals surface area contributed by atoms with Gasteiger partial charge in [0.2, 0.25) is 0 Å². The van der Waals surface area contributed by atoms with Crippen molar-refractivity contribution in [1.82, 2.24) is 9.80 Å². The minimum Gasteiger partial charge on any atom is -0.304 e. The molecule has 0 spiro atoms. The zero-order valence-electron chi connectivity index (χ0n) is 23.1. The molecule has 2 heterocycles. The van der Waals surface area contributed by atoms with E-state index in [1.165, 1.54) is 24.3 Å². The van der Waals surface area contributed by atoms with Crippen LogP contribution >= 0.6 is 0 Å². The van der Waals surface area contributed by atoms with Gasteiger partial charge < -0.3 is 9.80 Å². The van der Waals surface area contributed by atoms with Gasteiger partial charge in [0.15, 0.2) is 0 Å². The van der Waals surface area contributed by atoms with Gasteiger partial charge in [0, 0.05) is 36.4 Å². The molecule has 2 fully saturated rings. The van der Waals surface area contributed by atoms with E-state index >= 15 is 0 Å². The van der Waals surface area contributed by atoms with Crippen molar-refractivity contribution in [3.05, 3.63) is 145 Å². The predicted octanol–water partition coefficient (Wildman–Crippen LogP) is 8.00. The van der Waals surface area contributed by atoms with Gasteiger partial charge in [0.25, 0.3) is 0 Å². The molecule has 0 saturated carbocycles. The van der Waals surface area contributed by atoms with Gasteiger partial charge in [-0.3, -0.25) is 12.2 Å². The van der Waals surface area contributed by atoms with E-state index in [1.54, 1.807) is 12.2 Å². The minimum atomic E-state index is -0.647. The number of rotatable bonds is 6. The summed E-state index contributed by atoms with van der Waals surface area (Å²) in [6.45, 7) is 10.6. The summed E-state index contributed by atoms with van der Waals surface area (Å²) in [5.74, 6) is -2.45. The summed E-state index contributed by atoms with van der Waals surface area (Å²) in [5, 5.41) is 0. The molecule has 0 radical (unpaired) electrons. The predicted molar refractivity (Wildman–Crippen MR) is 152 cm³/mol. The molecule has 2 aromatic rings. The van der Waals surface area contributed by atoms with Crippen molar-refractivity contribution >= 4 is 0 Å². The van der Waals surface area contributed by atoms with Crippen LogP contribution in [0.2, 0.25) is 0 Å². The number of allylic oxidation sites excluding steroid dienone is 8. The molecule has 2 unspecified atom stereocenters. The van der Waals surface area contributed by atoms with Crippen LogP contribution in [0.5, 0.6) is 0 Å². The van der Waals surface area contributed by atoms with Crippen LogP contribution in [-0.2, 0) is 21.7 Å². The molecule has 2 aromatic carbocycles. The quantitative estimate of drug-likeness (QED) is 0.145. The molecule has 2 aliphatic heterocycles. The maximum atomic E-state index is 13.4. The molecule has 2 saturated heterocycles. The van der Waals surface area contributed by atoms with Crippen molar-refractivity contribution in [3.8, 4) is 0 Å². The zero-order valence-corrected chi connectivity index (χ0v) is 24.6. The summed E-state index contributed by atoms with van der Waals surface area (Å²) < 4.78 is 52.1. The van der Waals surface area contributed by atoms with E-state index in [0.717, 1.165) is 51.9 Å². The fourth-order valence-corrected chi connectivity index (χ4v) is 4.46. The molecule has 7 heteroatoms. The van der Waals surface area contributed by atoms with Gasteiger partial charge in [-0.2, -0.15) is 24.3 Å². The van der Waals surface area contributed by atoms with Gasteiger partial charge in [0.05, 0.1) is 0 Å². The van der Waals surface area contributed by atoms with E-state index in [2.05, 4.69) is 59.4 Å². The van der Waals surface area contributed by atoms with E-state index in [-0.39, 0.29) is 33.8 Å². The van der Waals surface area contributed by atoms with Crippen LogP contribution in [0.4, 0.5) is 17.6 Å². The Bertz CT molecular complexity index is 1120. The van der Waals surface area contributed by atoms with Crippen molar-refractivity contribution in [2.75, 3.05) is 26.2 Å². The third kappa shape index (κ3) is 10.9. The first-order valence-electron chi connectivity index (χ1n) is 13.3. The third-order valence-corrected chi connectivity index (χ3v) is 6.66. The van der Waals surface area contributed by atoms with Crippen molar-refractivity contribution in [2.24, 2.45) is 0 Å². The van der Waals surface area contributed by atoms with Gasteiger partial charge in [-0.05, 0) is 38.0 Å². The molecular formula is C34H34F4N2Ti. The van der Waals surface area contributed by atoms with Crippen LogP contribution in [-0.4, -0.2) is 36.0 Å². The number of halogens is 4. The first kappa shape index (κ1) is 34.4. The Hall–Kier alpha value is -2.77. The first-order valence-corrected chi connectivity index (χ1v) is 13.3. The number of likely N-dealkylation sites (tertiary alicyclic amines) is 2. The molecule has 212 valence electrons. The third-order valence-electron chi connectivity index (χ3n) is 6.66. The van der Waals surface area contributed by atoms with E-state index in [9.17, 15) is 17.6 Å². The van der Waals surface area contributed by atoms with E-state index < -0.39 is 23.3 Å². The Morgan fingerprint density at radius 3 is 1.34 bits per heavy atom. The van der Waals surface area contributed by atoms with Gasteiger partial charge in [-0.1, -0.05) is 12.2 Å². The van der Waals surface area contributed by atoms with Gasteiger partial charge in [-0.15, -0.1) is 61.4 Å². The Balaban J connectivity index is 0.000000211. The Morgan fingerprint density at radius 2 is 1.12 bits per heavy atom. The summed E-state index contributed by atoms with van der Waals surface area (Å²) in [5.41, 5.74) is 1.06. The SMILES string of the molecule is C=CCN1CCC1c1ccc(F)[c-]c1F.C=CCN1CCC1c1ccc(F)[c-]c1F.[C-]1=CC=CC1.[C-]1=CC=CC1.[Ti+4]. The maximum Gasteiger partial charge on any atom is 4.00 e. The summed E-state index contributed by atoms with van der Waals surface area (Å²) in [7, 11) is 0. The smallest absolute Gasteiger partial charge is 0.304 e. The van der Waals surface area contributed by atoms with Gasteiger partial charge in [0.1, 0.15) is 0 Å². The first-order chi connectivity index (χ1) is 19.4. The molecule has 0 aromatic heterocycles. The van der Waals surface area contributed by atoms with Crippen LogP contribution in [0.25, 0.3) is 0 Å². The van der Waals surface area contributed by atoms with Crippen molar-refractivity contribution in [3.63, 3.8) is 0 Å². The van der Waals surface area contributed by atoms with E-state index in [0.29, 0.717) is 11.1 Å². The average Bonchev–Trinajstić information content (AvgIpc) is 3.68. The Kier molecular flexibility index (Phi) is 15.6. The number of benzene rings is 2. The molecule has 0 bridgehead atoms. The maximum absolute atomic E-state index is 13.4. The number of hydrogen-bond donors (Lipinski definition) is 0. The summed E-state index contributed by atoms with van der Waals surface area (Å²) in [6.07, 6.45) is 25.4. The molecule has 2 nitrogen and oxygen atoms in total. The van der Waals surface area contributed by atoms with Crippen molar-refractivity contribution < 1.29 is 39.3 Å². The van der Waals surface area contributed by atoms with Crippen LogP contribution in [0.15, 0.2) is 86.0 Å². The fraction of sp³-hybridized carbons (Fsp3) is 0.294.